The van der Waals surface area contributed by atoms with Gasteiger partial charge in [-0.2, -0.15) is 0 Å². The molecule has 1 fully saturated rings. The maximum absolute atomic E-state index is 13.0. The van der Waals surface area contributed by atoms with Crippen LogP contribution in [-0.4, -0.2) is 103 Å². The number of rotatable bonds is 5. The Hall–Kier alpha value is -1.99. The third-order valence-electron chi connectivity index (χ3n) is 5.23. The predicted octanol–water partition coefficient (Wildman–Crippen LogP) is -1.55. The highest BCUT2D eigenvalue weighted by Crippen LogP contribution is 2.24. The van der Waals surface area contributed by atoms with E-state index in [-0.39, 0.29) is 42.3 Å². The van der Waals surface area contributed by atoms with Crippen LogP contribution in [0, 0.1) is 0 Å². The van der Waals surface area contributed by atoms with Gasteiger partial charge in [-0.3, -0.25) is 19.2 Å². The number of primary amides is 1. The third-order valence-corrected chi connectivity index (χ3v) is 6.31. The normalized spacial score (nSPS) is 17.2. The van der Waals surface area contributed by atoms with Crippen LogP contribution in [0.4, 0.5) is 0 Å². The highest BCUT2D eigenvalue weighted by Gasteiger charge is 2.30. The number of likely N-dealkylation sites (N-methyl/N-ethyl adjacent to an activating group) is 2. The fourth-order valence-corrected chi connectivity index (χ4v) is 4.46. The zero-order valence-electron chi connectivity index (χ0n) is 18.0. The van der Waals surface area contributed by atoms with Crippen LogP contribution >= 0.6 is 36.2 Å². The van der Waals surface area contributed by atoms with Crippen LogP contribution in [0.25, 0.3) is 0 Å². The quantitative estimate of drug-likeness (QED) is 0.408. The molecule has 1 aromatic heterocycles. The van der Waals surface area contributed by atoms with Crippen molar-refractivity contribution in [3.63, 3.8) is 0 Å². The number of halogens is 2. The lowest BCUT2D eigenvalue weighted by Gasteiger charge is -2.34. The average molecular weight is 510 g/mol. The number of carbonyl (C=O) groups excluding carboxylic acids is 4. The number of nitrogens with zero attached hydrogens (tertiary/aromatic N) is 4. The van der Waals surface area contributed by atoms with Crippen LogP contribution in [0.3, 0.4) is 0 Å². The molecule has 180 valence electrons. The van der Waals surface area contributed by atoms with E-state index in [1.807, 2.05) is 14.1 Å². The van der Waals surface area contributed by atoms with Crippen LogP contribution in [0.1, 0.15) is 20.4 Å². The molecule has 4 amide bonds. The lowest BCUT2D eigenvalue weighted by atomic mass is 10.2. The molecule has 0 bridgehead atoms. The van der Waals surface area contributed by atoms with Gasteiger partial charge in [0.1, 0.15) is 6.04 Å². The van der Waals surface area contributed by atoms with Crippen molar-refractivity contribution in [1.29, 1.82) is 0 Å². The molecule has 1 saturated heterocycles. The maximum Gasteiger partial charge on any atom is 0.309 e. The summed E-state index contributed by atoms with van der Waals surface area (Å²) in [4.78, 5) is 59.7. The number of nitrogens with two attached hydrogens (primary N) is 1. The van der Waals surface area contributed by atoms with E-state index in [1.54, 1.807) is 4.90 Å². The van der Waals surface area contributed by atoms with Crippen LogP contribution in [-0.2, 0) is 27.3 Å². The Morgan fingerprint density at radius 1 is 1.06 bits per heavy atom. The molecule has 4 N–H and O–H groups in total. The van der Waals surface area contributed by atoms with Crippen molar-refractivity contribution < 1.29 is 19.2 Å². The number of thiazole rings is 1. The minimum Gasteiger partial charge on any atom is -0.361 e. The van der Waals surface area contributed by atoms with Crippen LogP contribution in [0.15, 0.2) is 0 Å². The van der Waals surface area contributed by atoms with Gasteiger partial charge in [-0.1, -0.05) is 0 Å². The second kappa shape index (κ2) is 12.3. The average Bonchev–Trinajstić information content (AvgIpc) is 3.14. The smallest absolute Gasteiger partial charge is 0.309 e. The van der Waals surface area contributed by atoms with Gasteiger partial charge in [-0.05, 0) is 14.1 Å². The van der Waals surface area contributed by atoms with E-state index in [0.717, 1.165) is 30.1 Å². The molecule has 2 aliphatic heterocycles. The number of aromatic nitrogens is 1. The summed E-state index contributed by atoms with van der Waals surface area (Å²) >= 11 is 1.31. The molecular weight excluding hydrogens is 481 g/mol. The number of nitrogens with one attached hydrogen (secondary N) is 2. The first-order valence-electron chi connectivity index (χ1n) is 9.77. The first-order valence-corrected chi connectivity index (χ1v) is 10.6. The Morgan fingerprint density at radius 3 is 2.34 bits per heavy atom. The molecule has 1 atom stereocenters. The Bertz CT molecular complexity index is 845. The summed E-state index contributed by atoms with van der Waals surface area (Å²) < 4.78 is 0. The molecule has 0 aromatic carbocycles. The molecule has 11 nitrogen and oxygen atoms in total. The standard InChI is InChI=1S/C18H27N7O4S.2ClH/c1-23-5-7-25(8-6-23)18(29)12(9-20-15(27)14(19)26)21-16(28)17-22-11-3-4-24(2)10-13(11)30-17;;/h12H,3-10H2,1-2H3,(H2,19,26)(H,20,27)(H,21,28);2*1H. The van der Waals surface area contributed by atoms with Gasteiger partial charge in [-0.15, -0.1) is 36.2 Å². The first-order chi connectivity index (χ1) is 14.2. The number of fused-ring (bicyclic) bond motifs is 1. The number of carbonyl (C=O) groups is 4. The second-order valence-corrected chi connectivity index (χ2v) is 8.69. The second-order valence-electron chi connectivity index (χ2n) is 7.61. The summed E-state index contributed by atoms with van der Waals surface area (Å²) in [7, 11) is 3.98. The molecule has 0 aliphatic carbocycles. The molecular formula is C18H29Cl2N7O4S. The van der Waals surface area contributed by atoms with Gasteiger partial charge in [-0.25, -0.2) is 4.98 Å². The van der Waals surface area contributed by atoms with Crippen molar-refractivity contribution >= 4 is 59.8 Å². The molecule has 3 heterocycles. The van der Waals surface area contributed by atoms with E-state index >= 15 is 0 Å². The zero-order chi connectivity index (χ0) is 21.8. The molecule has 32 heavy (non-hydrogen) atoms. The fraction of sp³-hybridized carbons (Fsp3) is 0.611. The summed E-state index contributed by atoms with van der Waals surface area (Å²) in [5, 5.41) is 5.28. The molecule has 2 aliphatic rings. The van der Waals surface area contributed by atoms with Crippen LogP contribution < -0.4 is 16.4 Å². The highest BCUT2D eigenvalue weighted by atomic mass is 35.5. The molecule has 0 saturated carbocycles. The zero-order valence-corrected chi connectivity index (χ0v) is 20.4. The highest BCUT2D eigenvalue weighted by molar-refractivity contribution is 7.13. The van der Waals surface area contributed by atoms with E-state index in [0.29, 0.717) is 26.2 Å². The van der Waals surface area contributed by atoms with Crippen molar-refractivity contribution in [1.82, 2.24) is 30.3 Å². The van der Waals surface area contributed by atoms with Crippen molar-refractivity contribution in [2.45, 2.75) is 19.0 Å². The molecule has 0 radical (unpaired) electrons. The summed E-state index contributed by atoms with van der Waals surface area (Å²) in [6.07, 6.45) is 0.772. The van der Waals surface area contributed by atoms with Crippen molar-refractivity contribution in [2.75, 3.05) is 53.4 Å². The van der Waals surface area contributed by atoms with E-state index < -0.39 is 23.8 Å². The van der Waals surface area contributed by atoms with Crippen molar-refractivity contribution in [2.24, 2.45) is 5.73 Å². The number of piperazine rings is 1. The fourth-order valence-electron chi connectivity index (χ4n) is 3.37. The van der Waals surface area contributed by atoms with E-state index in [9.17, 15) is 19.2 Å². The number of hydrogen-bond donors (Lipinski definition) is 3. The molecule has 14 heteroatoms. The molecule has 1 aromatic rings. The largest absolute Gasteiger partial charge is 0.361 e. The Kier molecular flexibility index (Phi) is 10.8. The number of hydrogen-bond acceptors (Lipinski definition) is 8. The Labute approximate surface area is 202 Å². The van der Waals surface area contributed by atoms with Gasteiger partial charge in [0.2, 0.25) is 5.91 Å². The lowest BCUT2D eigenvalue weighted by molar-refractivity contribution is -0.138. The van der Waals surface area contributed by atoms with E-state index in [1.165, 1.54) is 11.3 Å². The van der Waals surface area contributed by atoms with Gasteiger partial charge in [0.05, 0.1) is 5.69 Å². The SMILES string of the molecule is CN1CCN(C(=O)C(CNC(=O)C(N)=O)NC(=O)c2nc3c(s2)CN(C)CC3)CC1.Cl.Cl. The third kappa shape index (κ3) is 7.01. The summed E-state index contributed by atoms with van der Waals surface area (Å²) in [6.45, 7) is 3.85. The van der Waals surface area contributed by atoms with Crippen molar-refractivity contribution in [3.05, 3.63) is 15.6 Å². The van der Waals surface area contributed by atoms with Gasteiger partial charge in [0, 0.05) is 57.1 Å². The van der Waals surface area contributed by atoms with Gasteiger partial charge >= 0.3 is 11.8 Å². The van der Waals surface area contributed by atoms with Crippen molar-refractivity contribution in [3.8, 4) is 0 Å². The van der Waals surface area contributed by atoms with E-state index in [4.69, 9.17) is 5.73 Å². The maximum atomic E-state index is 13.0. The minimum atomic E-state index is -1.15. The summed E-state index contributed by atoms with van der Waals surface area (Å²) in [5.74, 6) is -2.95. The van der Waals surface area contributed by atoms with Gasteiger partial charge < -0.3 is 31.1 Å². The lowest BCUT2D eigenvalue weighted by Crippen LogP contribution is -2.58. The first kappa shape index (κ1) is 28.0. The predicted molar refractivity (Wildman–Crippen MR) is 124 cm³/mol. The van der Waals surface area contributed by atoms with Crippen LogP contribution in [0.2, 0.25) is 0 Å². The van der Waals surface area contributed by atoms with Gasteiger partial charge in [0.15, 0.2) is 5.01 Å². The Morgan fingerprint density at radius 2 is 1.72 bits per heavy atom. The molecule has 1 unspecified atom stereocenters. The monoisotopic (exact) mass is 509 g/mol. The summed E-state index contributed by atoms with van der Waals surface area (Å²) in [5.41, 5.74) is 5.87. The summed E-state index contributed by atoms with van der Waals surface area (Å²) in [6, 6.07) is -1.02. The topological polar surface area (TPSA) is 141 Å². The molecule has 0 spiro atoms. The number of amides is 4. The van der Waals surface area contributed by atoms with Gasteiger partial charge in [0.25, 0.3) is 5.91 Å². The van der Waals surface area contributed by atoms with E-state index in [2.05, 4.69) is 25.4 Å². The Balaban J connectivity index is 0.00000256. The van der Waals surface area contributed by atoms with Crippen LogP contribution in [0.5, 0.6) is 0 Å². The minimum absolute atomic E-state index is 0. The molecule has 3 rings (SSSR count).